The van der Waals surface area contributed by atoms with E-state index in [2.05, 4.69) is 22.0 Å². The lowest BCUT2D eigenvalue weighted by molar-refractivity contribution is -0.384. The number of hydrogen-bond acceptors (Lipinski definition) is 5. The van der Waals surface area contributed by atoms with Crippen molar-refractivity contribution in [2.75, 3.05) is 13.2 Å². The fourth-order valence-electron chi connectivity index (χ4n) is 2.81. The van der Waals surface area contributed by atoms with Crippen molar-refractivity contribution in [2.24, 2.45) is 0 Å². The van der Waals surface area contributed by atoms with Crippen LogP contribution in [0.3, 0.4) is 0 Å². The Hall–Kier alpha value is -3.63. The Balaban J connectivity index is 1.74. The standard InChI is InChI=1S/C24H19BrN2O4/c1-17-2-9-23(10-3-17)30-12-13-31-24-11-6-21(25)15-19(24)14-20(16-26)18-4-7-22(8-5-18)27(28)29/h2-11,14-15H,12-13H2,1H3/b20-14+. The molecular formula is C24H19BrN2O4. The topological polar surface area (TPSA) is 85.4 Å². The van der Waals surface area contributed by atoms with Crippen LogP contribution >= 0.6 is 15.9 Å². The first-order valence-electron chi connectivity index (χ1n) is 9.45. The van der Waals surface area contributed by atoms with Gasteiger partial charge in [-0.3, -0.25) is 10.1 Å². The summed E-state index contributed by atoms with van der Waals surface area (Å²) in [6, 6.07) is 21.3. The van der Waals surface area contributed by atoms with Crippen LogP contribution < -0.4 is 9.47 Å². The van der Waals surface area contributed by atoms with E-state index in [1.54, 1.807) is 18.2 Å². The van der Waals surface area contributed by atoms with Crippen molar-refractivity contribution in [3.8, 4) is 17.6 Å². The Morgan fingerprint density at radius 3 is 2.39 bits per heavy atom. The zero-order valence-corrected chi connectivity index (χ0v) is 18.3. The lowest BCUT2D eigenvalue weighted by atomic mass is 10.0. The number of nitriles is 1. The molecule has 7 heteroatoms. The minimum Gasteiger partial charge on any atom is -0.490 e. The fourth-order valence-corrected chi connectivity index (χ4v) is 3.19. The zero-order valence-electron chi connectivity index (χ0n) is 16.7. The number of rotatable bonds is 8. The number of non-ortho nitro benzene ring substituents is 1. The minimum absolute atomic E-state index is 0.0268. The van der Waals surface area contributed by atoms with E-state index in [1.807, 2.05) is 49.4 Å². The summed E-state index contributed by atoms with van der Waals surface area (Å²) in [7, 11) is 0. The molecule has 3 rings (SSSR count). The molecule has 0 fully saturated rings. The lowest BCUT2D eigenvalue weighted by Crippen LogP contribution is -2.09. The zero-order chi connectivity index (χ0) is 22.2. The van der Waals surface area contributed by atoms with E-state index in [0.717, 1.165) is 15.8 Å². The number of nitro groups is 1. The van der Waals surface area contributed by atoms with Crippen LogP contribution in [0.25, 0.3) is 11.6 Å². The van der Waals surface area contributed by atoms with E-state index in [9.17, 15) is 15.4 Å². The van der Waals surface area contributed by atoms with Crippen LogP contribution in [0.4, 0.5) is 5.69 Å². The van der Waals surface area contributed by atoms with Gasteiger partial charge in [-0.15, -0.1) is 0 Å². The highest BCUT2D eigenvalue weighted by Crippen LogP contribution is 2.28. The predicted molar refractivity (Wildman–Crippen MR) is 123 cm³/mol. The molecule has 0 amide bonds. The molecule has 0 aliphatic heterocycles. The van der Waals surface area contributed by atoms with Gasteiger partial charge in [-0.1, -0.05) is 33.6 Å². The van der Waals surface area contributed by atoms with Gasteiger partial charge in [0.05, 0.1) is 16.6 Å². The molecule has 6 nitrogen and oxygen atoms in total. The van der Waals surface area contributed by atoms with E-state index < -0.39 is 4.92 Å². The molecule has 0 spiro atoms. The van der Waals surface area contributed by atoms with Gasteiger partial charge in [0, 0.05) is 22.2 Å². The molecule has 0 unspecified atom stereocenters. The van der Waals surface area contributed by atoms with E-state index in [4.69, 9.17) is 9.47 Å². The van der Waals surface area contributed by atoms with Crippen LogP contribution in [0, 0.1) is 28.4 Å². The second kappa shape index (κ2) is 10.4. The first-order valence-corrected chi connectivity index (χ1v) is 10.2. The first-order chi connectivity index (χ1) is 15.0. The average Bonchev–Trinajstić information content (AvgIpc) is 2.77. The van der Waals surface area contributed by atoms with Crippen molar-refractivity contribution < 1.29 is 14.4 Å². The Kier molecular flexibility index (Phi) is 7.41. The summed E-state index contributed by atoms with van der Waals surface area (Å²) in [5.41, 5.74) is 2.80. The molecule has 0 bridgehead atoms. The van der Waals surface area contributed by atoms with Crippen molar-refractivity contribution in [1.29, 1.82) is 5.26 Å². The molecule has 156 valence electrons. The number of halogens is 1. The molecule has 0 saturated carbocycles. The largest absolute Gasteiger partial charge is 0.490 e. The molecule has 0 aromatic heterocycles. The highest BCUT2D eigenvalue weighted by Gasteiger charge is 2.09. The normalized spacial score (nSPS) is 10.9. The molecule has 0 aliphatic rings. The molecule has 0 N–H and O–H groups in total. The lowest BCUT2D eigenvalue weighted by Gasteiger charge is -2.11. The van der Waals surface area contributed by atoms with Gasteiger partial charge in [0.2, 0.25) is 0 Å². The van der Waals surface area contributed by atoms with Gasteiger partial charge in [-0.05, 0) is 61.0 Å². The highest BCUT2D eigenvalue weighted by atomic mass is 79.9. The maximum absolute atomic E-state index is 10.8. The van der Waals surface area contributed by atoms with Crippen molar-refractivity contribution in [1.82, 2.24) is 0 Å². The fraction of sp³-hybridized carbons (Fsp3) is 0.125. The minimum atomic E-state index is -0.474. The molecule has 31 heavy (non-hydrogen) atoms. The number of nitro benzene ring substituents is 1. The summed E-state index contributed by atoms with van der Waals surface area (Å²) < 4.78 is 12.4. The van der Waals surface area contributed by atoms with Crippen LogP contribution in [0.15, 0.2) is 71.2 Å². The Morgan fingerprint density at radius 1 is 1.06 bits per heavy atom. The van der Waals surface area contributed by atoms with Gasteiger partial charge in [0.1, 0.15) is 24.7 Å². The van der Waals surface area contributed by atoms with Crippen LogP contribution in [0.1, 0.15) is 16.7 Å². The van der Waals surface area contributed by atoms with E-state index in [-0.39, 0.29) is 5.69 Å². The highest BCUT2D eigenvalue weighted by molar-refractivity contribution is 9.10. The number of benzene rings is 3. The van der Waals surface area contributed by atoms with Gasteiger partial charge in [-0.2, -0.15) is 5.26 Å². The summed E-state index contributed by atoms with van der Waals surface area (Å²) in [6.07, 6.45) is 1.70. The van der Waals surface area contributed by atoms with Crippen molar-refractivity contribution in [3.63, 3.8) is 0 Å². The third-order valence-corrected chi connectivity index (χ3v) is 4.91. The maximum atomic E-state index is 10.8. The van der Waals surface area contributed by atoms with Crippen LogP contribution in [-0.4, -0.2) is 18.1 Å². The molecule has 0 atom stereocenters. The van der Waals surface area contributed by atoms with E-state index >= 15 is 0 Å². The quantitative estimate of drug-likeness (QED) is 0.127. The second-order valence-corrected chi connectivity index (χ2v) is 7.58. The van der Waals surface area contributed by atoms with Crippen molar-refractivity contribution in [2.45, 2.75) is 6.92 Å². The maximum Gasteiger partial charge on any atom is 0.269 e. The molecular weight excluding hydrogens is 460 g/mol. The van der Waals surface area contributed by atoms with Gasteiger partial charge in [-0.25, -0.2) is 0 Å². The molecule has 0 saturated heterocycles. The summed E-state index contributed by atoms with van der Waals surface area (Å²) in [6.45, 7) is 2.72. The van der Waals surface area contributed by atoms with Crippen LogP contribution in [-0.2, 0) is 0 Å². The van der Waals surface area contributed by atoms with Crippen LogP contribution in [0.2, 0.25) is 0 Å². The Bertz CT molecular complexity index is 1130. The van der Waals surface area contributed by atoms with Gasteiger partial charge in [0.15, 0.2) is 0 Å². The van der Waals surface area contributed by atoms with Gasteiger partial charge >= 0.3 is 0 Å². The molecule has 0 radical (unpaired) electrons. The summed E-state index contributed by atoms with van der Waals surface area (Å²) in [5.74, 6) is 1.38. The number of allylic oxidation sites excluding steroid dienone is 1. The summed E-state index contributed by atoms with van der Waals surface area (Å²) >= 11 is 3.44. The van der Waals surface area contributed by atoms with E-state index in [1.165, 1.54) is 12.1 Å². The molecule has 0 heterocycles. The van der Waals surface area contributed by atoms with Crippen LogP contribution in [0.5, 0.6) is 11.5 Å². The summed E-state index contributed by atoms with van der Waals surface area (Å²) in [5, 5.41) is 20.5. The first kappa shape index (κ1) is 22.1. The monoisotopic (exact) mass is 478 g/mol. The average molecular weight is 479 g/mol. The number of ether oxygens (including phenoxy) is 2. The number of hydrogen-bond donors (Lipinski definition) is 0. The van der Waals surface area contributed by atoms with Crippen molar-refractivity contribution in [3.05, 3.63) is 98.0 Å². The molecule has 3 aromatic carbocycles. The Morgan fingerprint density at radius 2 is 1.74 bits per heavy atom. The van der Waals surface area contributed by atoms with Crippen molar-refractivity contribution >= 4 is 33.3 Å². The van der Waals surface area contributed by atoms with Gasteiger partial charge in [0.25, 0.3) is 5.69 Å². The smallest absolute Gasteiger partial charge is 0.269 e. The number of aryl methyl sites for hydroxylation is 1. The number of nitrogens with zero attached hydrogens (tertiary/aromatic N) is 2. The molecule has 3 aromatic rings. The third kappa shape index (κ3) is 6.17. The van der Waals surface area contributed by atoms with Gasteiger partial charge < -0.3 is 9.47 Å². The second-order valence-electron chi connectivity index (χ2n) is 6.67. The van der Waals surface area contributed by atoms with E-state index in [0.29, 0.717) is 35.7 Å². The molecule has 0 aliphatic carbocycles. The SMILES string of the molecule is Cc1ccc(OCCOc2ccc(Br)cc2/C=C(\C#N)c2ccc([N+](=O)[O-])cc2)cc1. The third-order valence-electron chi connectivity index (χ3n) is 4.41. The predicted octanol–water partition coefficient (Wildman–Crippen LogP) is 6.19. The Labute approximate surface area is 188 Å². The summed E-state index contributed by atoms with van der Waals surface area (Å²) in [4.78, 5) is 10.4.